The van der Waals surface area contributed by atoms with Gasteiger partial charge in [0.1, 0.15) is 5.69 Å². The smallest absolute Gasteiger partial charge is 0.306 e. The number of amides is 1. The Bertz CT molecular complexity index is 1040. The Kier molecular flexibility index (Phi) is 7.53. The van der Waals surface area contributed by atoms with Crippen molar-refractivity contribution in [1.82, 2.24) is 10.3 Å². The van der Waals surface area contributed by atoms with Gasteiger partial charge in [-0.05, 0) is 60.2 Å². The van der Waals surface area contributed by atoms with Crippen molar-refractivity contribution in [3.63, 3.8) is 0 Å². The van der Waals surface area contributed by atoms with Crippen LogP contribution in [0.5, 0.6) is 0 Å². The number of halogens is 1. The van der Waals surface area contributed by atoms with Gasteiger partial charge in [-0.3, -0.25) is 9.59 Å². The maximum Gasteiger partial charge on any atom is 0.306 e. The molecule has 0 aliphatic heterocycles. The molecule has 2 atom stereocenters. The van der Waals surface area contributed by atoms with Crippen LogP contribution in [-0.4, -0.2) is 28.0 Å². The first-order valence-electron chi connectivity index (χ1n) is 10.4. The summed E-state index contributed by atoms with van der Waals surface area (Å²) in [6.07, 6.45) is 1.70. The third-order valence-corrected chi connectivity index (χ3v) is 5.60. The molecular formula is C25H27ClN2O3. The van der Waals surface area contributed by atoms with Crippen LogP contribution in [0, 0.1) is 5.92 Å². The Morgan fingerprint density at radius 1 is 1.06 bits per heavy atom. The average Bonchev–Trinajstić information content (AvgIpc) is 3.23. The molecule has 0 spiro atoms. The Morgan fingerprint density at radius 3 is 2.42 bits per heavy atom. The molecule has 0 aliphatic rings. The minimum Gasteiger partial charge on any atom is -0.481 e. The van der Waals surface area contributed by atoms with Crippen molar-refractivity contribution in [3.8, 4) is 11.1 Å². The van der Waals surface area contributed by atoms with Crippen LogP contribution in [0.2, 0.25) is 5.02 Å². The molecule has 0 bridgehead atoms. The van der Waals surface area contributed by atoms with E-state index in [2.05, 4.69) is 10.3 Å². The predicted octanol–water partition coefficient (Wildman–Crippen LogP) is 5.35. The van der Waals surface area contributed by atoms with Crippen molar-refractivity contribution >= 4 is 23.5 Å². The Hall–Kier alpha value is -3.05. The first-order valence-corrected chi connectivity index (χ1v) is 10.8. The van der Waals surface area contributed by atoms with Crippen molar-refractivity contribution in [2.45, 2.75) is 39.2 Å². The fourth-order valence-electron chi connectivity index (χ4n) is 3.55. The highest BCUT2D eigenvalue weighted by Crippen LogP contribution is 2.24. The maximum absolute atomic E-state index is 12.7. The number of carbonyl (C=O) groups is 2. The van der Waals surface area contributed by atoms with E-state index in [1.165, 1.54) is 0 Å². The SMILES string of the molecule is CCc1ccc(C(=O)NC(Cc2ccc(-c3cccc(Cl)c3)cc2)CC(C)C(=O)O)[nH]1. The van der Waals surface area contributed by atoms with E-state index in [0.29, 0.717) is 23.6 Å². The Labute approximate surface area is 187 Å². The van der Waals surface area contributed by atoms with E-state index in [9.17, 15) is 14.7 Å². The predicted molar refractivity (Wildman–Crippen MR) is 123 cm³/mol. The van der Waals surface area contributed by atoms with Crippen molar-refractivity contribution in [2.24, 2.45) is 5.92 Å². The van der Waals surface area contributed by atoms with Gasteiger partial charge in [0.2, 0.25) is 0 Å². The number of H-pyrrole nitrogens is 1. The molecule has 2 unspecified atom stereocenters. The fraction of sp³-hybridized carbons (Fsp3) is 0.280. The van der Waals surface area contributed by atoms with Crippen molar-refractivity contribution in [1.29, 1.82) is 0 Å². The van der Waals surface area contributed by atoms with Gasteiger partial charge in [-0.1, -0.05) is 61.8 Å². The number of carbonyl (C=O) groups excluding carboxylic acids is 1. The molecule has 0 aliphatic carbocycles. The molecule has 162 valence electrons. The number of aryl methyl sites for hydroxylation is 1. The molecule has 1 aromatic heterocycles. The Morgan fingerprint density at radius 2 is 1.81 bits per heavy atom. The van der Waals surface area contributed by atoms with Gasteiger partial charge in [0, 0.05) is 16.8 Å². The number of aliphatic carboxylic acids is 1. The molecule has 6 heteroatoms. The highest BCUT2D eigenvalue weighted by atomic mass is 35.5. The van der Waals surface area contributed by atoms with E-state index in [4.69, 9.17) is 11.6 Å². The van der Waals surface area contributed by atoms with E-state index in [0.717, 1.165) is 28.8 Å². The second-order valence-electron chi connectivity index (χ2n) is 7.81. The van der Waals surface area contributed by atoms with Crippen molar-refractivity contribution < 1.29 is 14.7 Å². The number of carboxylic acids is 1. The molecule has 0 radical (unpaired) electrons. The summed E-state index contributed by atoms with van der Waals surface area (Å²) in [4.78, 5) is 27.2. The minimum atomic E-state index is -0.872. The normalized spacial score (nSPS) is 12.9. The van der Waals surface area contributed by atoms with Gasteiger partial charge in [0.05, 0.1) is 5.92 Å². The van der Waals surface area contributed by atoms with E-state index in [1.807, 2.05) is 61.5 Å². The number of benzene rings is 2. The van der Waals surface area contributed by atoms with E-state index < -0.39 is 11.9 Å². The summed E-state index contributed by atoms with van der Waals surface area (Å²) in [5, 5.41) is 13.0. The van der Waals surface area contributed by atoms with Gasteiger partial charge in [-0.15, -0.1) is 0 Å². The van der Waals surface area contributed by atoms with Gasteiger partial charge in [0.25, 0.3) is 5.91 Å². The van der Waals surface area contributed by atoms with Crippen LogP contribution in [0.3, 0.4) is 0 Å². The first-order chi connectivity index (χ1) is 14.9. The molecule has 1 amide bonds. The topological polar surface area (TPSA) is 82.2 Å². The van der Waals surface area contributed by atoms with Crippen LogP contribution < -0.4 is 5.32 Å². The lowest BCUT2D eigenvalue weighted by molar-refractivity contribution is -0.141. The van der Waals surface area contributed by atoms with Crippen LogP contribution >= 0.6 is 11.6 Å². The summed E-state index contributed by atoms with van der Waals surface area (Å²) in [7, 11) is 0. The zero-order chi connectivity index (χ0) is 22.4. The van der Waals surface area contributed by atoms with Gasteiger partial charge in [-0.25, -0.2) is 0 Å². The van der Waals surface area contributed by atoms with Crippen molar-refractivity contribution in [3.05, 3.63) is 82.6 Å². The van der Waals surface area contributed by atoms with E-state index in [1.54, 1.807) is 13.0 Å². The second kappa shape index (κ2) is 10.3. The summed E-state index contributed by atoms with van der Waals surface area (Å²) in [6, 6.07) is 19.0. The monoisotopic (exact) mass is 438 g/mol. The molecule has 3 rings (SSSR count). The highest BCUT2D eigenvalue weighted by Gasteiger charge is 2.21. The average molecular weight is 439 g/mol. The number of rotatable bonds is 9. The van der Waals surface area contributed by atoms with Crippen LogP contribution in [0.15, 0.2) is 60.7 Å². The van der Waals surface area contributed by atoms with Crippen LogP contribution in [0.1, 0.15) is 42.0 Å². The largest absolute Gasteiger partial charge is 0.481 e. The molecule has 0 saturated heterocycles. The number of aromatic amines is 1. The number of hydrogen-bond acceptors (Lipinski definition) is 2. The first kappa shape index (κ1) is 22.6. The maximum atomic E-state index is 12.7. The summed E-state index contributed by atoms with van der Waals surface area (Å²) in [6.45, 7) is 3.67. The van der Waals surface area contributed by atoms with Crippen LogP contribution in [0.4, 0.5) is 0 Å². The Balaban J connectivity index is 1.74. The van der Waals surface area contributed by atoms with E-state index >= 15 is 0 Å². The lowest BCUT2D eigenvalue weighted by Crippen LogP contribution is -2.38. The molecule has 0 saturated carbocycles. The molecule has 3 aromatic rings. The molecule has 1 heterocycles. The van der Waals surface area contributed by atoms with Crippen LogP contribution in [-0.2, 0) is 17.6 Å². The molecule has 3 N–H and O–H groups in total. The number of hydrogen-bond donors (Lipinski definition) is 3. The number of aromatic nitrogens is 1. The molecule has 5 nitrogen and oxygen atoms in total. The summed E-state index contributed by atoms with van der Waals surface area (Å²) in [5.41, 5.74) is 4.57. The molecule has 31 heavy (non-hydrogen) atoms. The van der Waals surface area contributed by atoms with Gasteiger partial charge in [-0.2, -0.15) is 0 Å². The quantitative estimate of drug-likeness (QED) is 0.421. The minimum absolute atomic E-state index is 0.224. The fourth-order valence-corrected chi connectivity index (χ4v) is 3.74. The lowest BCUT2D eigenvalue weighted by Gasteiger charge is -2.21. The number of carboxylic acid groups (broad SMARTS) is 1. The molecular weight excluding hydrogens is 412 g/mol. The highest BCUT2D eigenvalue weighted by molar-refractivity contribution is 6.30. The standard InChI is InChI=1S/C25H27ClN2O3/c1-3-21-11-12-23(27-21)24(29)28-22(13-16(2)25(30)31)14-17-7-9-18(10-8-17)19-5-4-6-20(26)15-19/h4-12,15-16,22,27H,3,13-14H2,1-2H3,(H,28,29)(H,30,31). The van der Waals surface area contributed by atoms with Gasteiger partial charge < -0.3 is 15.4 Å². The number of nitrogens with one attached hydrogen (secondary N) is 2. The third kappa shape index (κ3) is 6.22. The van der Waals surface area contributed by atoms with Gasteiger partial charge in [0.15, 0.2) is 0 Å². The molecule has 0 fully saturated rings. The van der Waals surface area contributed by atoms with Crippen molar-refractivity contribution in [2.75, 3.05) is 0 Å². The van der Waals surface area contributed by atoms with Crippen LogP contribution in [0.25, 0.3) is 11.1 Å². The van der Waals surface area contributed by atoms with Gasteiger partial charge >= 0.3 is 5.97 Å². The summed E-state index contributed by atoms with van der Waals surface area (Å²) in [5.74, 6) is -1.66. The summed E-state index contributed by atoms with van der Waals surface area (Å²) < 4.78 is 0. The second-order valence-corrected chi connectivity index (χ2v) is 8.24. The van der Waals surface area contributed by atoms with E-state index in [-0.39, 0.29) is 11.9 Å². The zero-order valence-corrected chi connectivity index (χ0v) is 18.4. The zero-order valence-electron chi connectivity index (χ0n) is 17.7. The lowest BCUT2D eigenvalue weighted by atomic mass is 9.95. The molecule has 2 aromatic carbocycles. The third-order valence-electron chi connectivity index (χ3n) is 5.36. The summed E-state index contributed by atoms with van der Waals surface area (Å²) >= 11 is 6.09.